The van der Waals surface area contributed by atoms with Gasteiger partial charge in [0, 0.05) is 12.6 Å². The molecule has 3 unspecified atom stereocenters. The van der Waals surface area contributed by atoms with E-state index >= 15 is 0 Å². The Morgan fingerprint density at radius 1 is 1.05 bits per heavy atom. The van der Waals surface area contributed by atoms with E-state index in [2.05, 4.69) is 24.1 Å². The van der Waals surface area contributed by atoms with Gasteiger partial charge in [-0.25, -0.2) is 0 Å². The zero-order chi connectivity index (χ0) is 13.5. The number of rotatable bonds is 6. The van der Waals surface area contributed by atoms with E-state index in [4.69, 9.17) is 0 Å². The van der Waals surface area contributed by atoms with E-state index in [1.807, 2.05) is 0 Å². The minimum absolute atomic E-state index is 0.796. The van der Waals surface area contributed by atoms with Crippen molar-refractivity contribution < 1.29 is 0 Å². The molecule has 0 aromatic carbocycles. The maximum Gasteiger partial charge on any atom is 0.0108 e. The molecule has 0 aromatic rings. The fraction of sp³-hybridized carbons (Fsp3) is 1.00. The largest absolute Gasteiger partial charge is 0.314 e. The highest BCUT2D eigenvalue weighted by Gasteiger charge is 2.30. The number of likely N-dealkylation sites (tertiary alicyclic amines) is 1. The molecule has 0 bridgehead atoms. The fourth-order valence-electron chi connectivity index (χ4n) is 4.01. The number of nitrogens with zero attached hydrogens (tertiary/aromatic N) is 1. The van der Waals surface area contributed by atoms with Gasteiger partial charge in [-0.15, -0.1) is 0 Å². The Labute approximate surface area is 120 Å². The Hall–Kier alpha value is -0.0800. The summed E-state index contributed by atoms with van der Waals surface area (Å²) >= 11 is 0. The average Bonchev–Trinajstić information content (AvgIpc) is 2.47. The van der Waals surface area contributed by atoms with Crippen molar-refractivity contribution >= 4 is 0 Å². The van der Waals surface area contributed by atoms with Gasteiger partial charge in [-0.1, -0.05) is 26.7 Å². The first kappa shape index (κ1) is 15.3. The zero-order valence-electron chi connectivity index (χ0n) is 13.2. The van der Waals surface area contributed by atoms with Crippen molar-refractivity contribution in [2.24, 2.45) is 11.8 Å². The van der Waals surface area contributed by atoms with Crippen molar-refractivity contribution in [3.63, 3.8) is 0 Å². The molecule has 2 fully saturated rings. The molecule has 0 spiro atoms. The third kappa shape index (κ3) is 4.75. The molecule has 1 aliphatic carbocycles. The summed E-state index contributed by atoms with van der Waals surface area (Å²) in [6.45, 7) is 9.93. The quantitative estimate of drug-likeness (QED) is 0.789. The Kier molecular flexibility index (Phi) is 6.66. The van der Waals surface area contributed by atoms with E-state index in [1.165, 1.54) is 77.5 Å². The molecule has 3 atom stereocenters. The fourth-order valence-corrected chi connectivity index (χ4v) is 4.01. The molecule has 19 heavy (non-hydrogen) atoms. The summed E-state index contributed by atoms with van der Waals surface area (Å²) in [7, 11) is 0. The Morgan fingerprint density at radius 3 is 2.53 bits per heavy atom. The van der Waals surface area contributed by atoms with E-state index in [0.717, 1.165) is 17.9 Å². The molecule has 1 heterocycles. The minimum Gasteiger partial charge on any atom is -0.314 e. The molecule has 1 aliphatic heterocycles. The second-order valence-electron chi connectivity index (χ2n) is 6.77. The van der Waals surface area contributed by atoms with Gasteiger partial charge in [0.2, 0.25) is 0 Å². The molecule has 1 N–H and O–H groups in total. The topological polar surface area (TPSA) is 15.3 Å². The first-order valence-electron chi connectivity index (χ1n) is 8.79. The molecular weight excluding hydrogens is 232 g/mol. The van der Waals surface area contributed by atoms with Gasteiger partial charge in [0.05, 0.1) is 0 Å². The van der Waals surface area contributed by atoms with Crippen molar-refractivity contribution in [2.75, 3.05) is 26.2 Å². The smallest absolute Gasteiger partial charge is 0.0108 e. The van der Waals surface area contributed by atoms with Crippen LogP contribution in [0.2, 0.25) is 0 Å². The van der Waals surface area contributed by atoms with Crippen LogP contribution in [0.15, 0.2) is 0 Å². The van der Waals surface area contributed by atoms with E-state index < -0.39 is 0 Å². The highest BCUT2D eigenvalue weighted by atomic mass is 15.1. The van der Waals surface area contributed by atoms with Crippen molar-refractivity contribution in [3.05, 3.63) is 0 Å². The van der Waals surface area contributed by atoms with E-state index in [-0.39, 0.29) is 0 Å². The van der Waals surface area contributed by atoms with Gasteiger partial charge < -0.3 is 10.2 Å². The molecule has 0 amide bonds. The summed E-state index contributed by atoms with van der Waals surface area (Å²) < 4.78 is 0. The van der Waals surface area contributed by atoms with E-state index in [9.17, 15) is 0 Å². The molecule has 2 heteroatoms. The second-order valence-corrected chi connectivity index (χ2v) is 6.77. The predicted molar refractivity (Wildman–Crippen MR) is 83.5 cm³/mol. The second kappa shape index (κ2) is 8.26. The molecule has 1 saturated carbocycles. The highest BCUT2D eigenvalue weighted by molar-refractivity contribution is 4.86. The van der Waals surface area contributed by atoms with Gasteiger partial charge in [-0.05, 0) is 70.0 Å². The number of hydrogen-bond donors (Lipinski definition) is 1. The van der Waals surface area contributed by atoms with Gasteiger partial charge >= 0.3 is 0 Å². The minimum atomic E-state index is 0.796. The zero-order valence-corrected chi connectivity index (χ0v) is 13.2. The van der Waals surface area contributed by atoms with Crippen LogP contribution < -0.4 is 5.32 Å². The van der Waals surface area contributed by atoms with Gasteiger partial charge in [-0.3, -0.25) is 0 Å². The van der Waals surface area contributed by atoms with Crippen molar-refractivity contribution in [1.82, 2.24) is 10.2 Å². The van der Waals surface area contributed by atoms with Crippen LogP contribution in [-0.4, -0.2) is 37.1 Å². The van der Waals surface area contributed by atoms with Crippen molar-refractivity contribution in [3.8, 4) is 0 Å². The van der Waals surface area contributed by atoms with Crippen LogP contribution in [0.3, 0.4) is 0 Å². The number of nitrogens with one attached hydrogen (secondary N) is 1. The first-order chi connectivity index (χ1) is 9.33. The molecule has 2 nitrogen and oxygen atoms in total. The van der Waals surface area contributed by atoms with Crippen LogP contribution in [0.1, 0.15) is 65.2 Å². The van der Waals surface area contributed by atoms with E-state index in [0.29, 0.717) is 0 Å². The van der Waals surface area contributed by atoms with Crippen LogP contribution in [0.5, 0.6) is 0 Å². The van der Waals surface area contributed by atoms with Gasteiger partial charge in [0.25, 0.3) is 0 Å². The van der Waals surface area contributed by atoms with E-state index in [1.54, 1.807) is 0 Å². The summed E-state index contributed by atoms with van der Waals surface area (Å²) in [5.74, 6) is 1.90. The predicted octanol–water partition coefficient (Wildman–Crippen LogP) is 3.67. The molecule has 2 rings (SSSR count). The van der Waals surface area contributed by atoms with Crippen LogP contribution >= 0.6 is 0 Å². The summed E-state index contributed by atoms with van der Waals surface area (Å²) in [5, 5.41) is 3.83. The maximum atomic E-state index is 3.83. The average molecular weight is 266 g/mol. The maximum absolute atomic E-state index is 3.83. The Morgan fingerprint density at radius 2 is 1.84 bits per heavy atom. The standard InChI is InChI=1S/C17H34N2/c1-3-10-18-17-9-8-15(4-2)13-16(17)14-19-11-6-5-7-12-19/h15-18H,3-14H2,1-2H3. The summed E-state index contributed by atoms with van der Waals surface area (Å²) in [5.41, 5.74) is 0. The SMILES string of the molecule is CCCNC1CCC(CC)CC1CN1CCCCC1. The summed E-state index contributed by atoms with van der Waals surface area (Å²) in [6, 6.07) is 0.796. The van der Waals surface area contributed by atoms with Gasteiger partial charge in [0.15, 0.2) is 0 Å². The lowest BCUT2D eigenvalue weighted by Gasteiger charge is -2.40. The first-order valence-corrected chi connectivity index (χ1v) is 8.79. The van der Waals surface area contributed by atoms with Gasteiger partial charge in [0.1, 0.15) is 0 Å². The Bertz CT molecular complexity index is 235. The highest BCUT2D eigenvalue weighted by Crippen LogP contribution is 2.32. The molecule has 0 radical (unpaired) electrons. The van der Waals surface area contributed by atoms with Crippen LogP contribution in [0, 0.1) is 11.8 Å². The van der Waals surface area contributed by atoms with Crippen LogP contribution in [0.25, 0.3) is 0 Å². The third-order valence-electron chi connectivity index (χ3n) is 5.27. The molecule has 112 valence electrons. The van der Waals surface area contributed by atoms with Crippen LogP contribution in [0.4, 0.5) is 0 Å². The lowest BCUT2D eigenvalue weighted by atomic mass is 9.76. The normalized spacial score (nSPS) is 33.5. The van der Waals surface area contributed by atoms with Crippen molar-refractivity contribution in [2.45, 2.75) is 71.3 Å². The summed E-state index contributed by atoms with van der Waals surface area (Å²) in [6.07, 6.45) is 11.3. The van der Waals surface area contributed by atoms with Crippen molar-refractivity contribution in [1.29, 1.82) is 0 Å². The molecule has 1 saturated heterocycles. The summed E-state index contributed by atoms with van der Waals surface area (Å²) in [4.78, 5) is 2.74. The molecular formula is C17H34N2. The number of piperidine rings is 1. The molecule has 0 aromatic heterocycles. The monoisotopic (exact) mass is 266 g/mol. The third-order valence-corrected chi connectivity index (χ3v) is 5.27. The Balaban J connectivity index is 1.85. The molecule has 2 aliphatic rings. The van der Waals surface area contributed by atoms with Gasteiger partial charge in [-0.2, -0.15) is 0 Å². The lowest BCUT2D eigenvalue weighted by molar-refractivity contribution is 0.124. The lowest BCUT2D eigenvalue weighted by Crippen LogP contribution is -2.47. The number of hydrogen-bond acceptors (Lipinski definition) is 2. The van der Waals surface area contributed by atoms with Crippen LogP contribution in [-0.2, 0) is 0 Å².